The summed E-state index contributed by atoms with van der Waals surface area (Å²) in [7, 11) is 0. The summed E-state index contributed by atoms with van der Waals surface area (Å²) < 4.78 is 2.12. The molecular formula is C13H18N4. The number of aromatic nitrogens is 3. The molecule has 4 heteroatoms. The number of aryl methyl sites for hydroxylation is 1. The molecule has 2 N–H and O–H groups in total. The number of hydrogen-bond acceptors (Lipinski definition) is 3. The van der Waals surface area contributed by atoms with Crippen molar-refractivity contribution in [3.63, 3.8) is 0 Å². The predicted octanol–water partition coefficient (Wildman–Crippen LogP) is 1.52. The topological polar surface area (TPSA) is 56.7 Å². The van der Waals surface area contributed by atoms with Crippen molar-refractivity contribution in [2.75, 3.05) is 0 Å². The Kier molecular flexibility index (Phi) is 3.54. The summed E-state index contributed by atoms with van der Waals surface area (Å²) in [4.78, 5) is 8.53. The summed E-state index contributed by atoms with van der Waals surface area (Å²) in [6, 6.07) is 2.27. The highest BCUT2D eigenvalue weighted by molar-refractivity contribution is 5.17. The van der Waals surface area contributed by atoms with Crippen LogP contribution in [0, 0.1) is 6.92 Å². The van der Waals surface area contributed by atoms with Gasteiger partial charge in [0.2, 0.25) is 0 Å². The van der Waals surface area contributed by atoms with Crippen LogP contribution in [0.1, 0.15) is 23.9 Å². The summed E-state index contributed by atoms with van der Waals surface area (Å²) in [6.07, 6.45) is 8.36. The molecule has 0 bridgehead atoms. The Morgan fingerprint density at radius 3 is 2.94 bits per heavy atom. The molecule has 0 aliphatic heterocycles. The lowest BCUT2D eigenvalue weighted by Crippen LogP contribution is -2.20. The summed E-state index contributed by atoms with van der Waals surface area (Å²) in [5.74, 6) is 1.03. The van der Waals surface area contributed by atoms with Gasteiger partial charge in [0.15, 0.2) is 0 Å². The van der Waals surface area contributed by atoms with Gasteiger partial charge in [0.25, 0.3) is 0 Å². The van der Waals surface area contributed by atoms with Crippen LogP contribution in [0.3, 0.4) is 0 Å². The maximum Gasteiger partial charge on any atom is 0.110 e. The molecule has 0 saturated carbocycles. The van der Waals surface area contributed by atoms with E-state index in [1.807, 2.05) is 38.6 Å². The normalized spacial score (nSPS) is 12.6. The molecule has 2 rings (SSSR count). The smallest absolute Gasteiger partial charge is 0.110 e. The summed E-state index contributed by atoms with van der Waals surface area (Å²) in [6.45, 7) is 4.84. The third kappa shape index (κ3) is 3.14. The highest BCUT2D eigenvalue weighted by Crippen LogP contribution is 2.07. The van der Waals surface area contributed by atoms with Gasteiger partial charge in [-0.05, 0) is 25.0 Å². The molecular weight excluding hydrogens is 212 g/mol. The highest BCUT2D eigenvalue weighted by atomic mass is 15.1. The van der Waals surface area contributed by atoms with E-state index >= 15 is 0 Å². The minimum absolute atomic E-state index is 0.131. The van der Waals surface area contributed by atoms with Crippen LogP contribution >= 0.6 is 0 Å². The lowest BCUT2D eigenvalue weighted by molar-refractivity contribution is 0.647. The Labute approximate surface area is 102 Å². The van der Waals surface area contributed by atoms with Crippen molar-refractivity contribution >= 4 is 0 Å². The van der Waals surface area contributed by atoms with Crippen LogP contribution < -0.4 is 5.73 Å². The van der Waals surface area contributed by atoms with Gasteiger partial charge in [0, 0.05) is 37.3 Å². The van der Waals surface area contributed by atoms with E-state index in [9.17, 15) is 0 Å². The minimum Gasteiger partial charge on any atom is -0.330 e. The molecule has 0 aliphatic carbocycles. The van der Waals surface area contributed by atoms with E-state index in [-0.39, 0.29) is 6.04 Å². The molecule has 2 aromatic rings. The van der Waals surface area contributed by atoms with E-state index in [1.54, 1.807) is 0 Å². The largest absolute Gasteiger partial charge is 0.330 e. The van der Waals surface area contributed by atoms with E-state index in [0.717, 1.165) is 18.8 Å². The number of hydrogen-bond donors (Lipinski definition) is 1. The van der Waals surface area contributed by atoms with Gasteiger partial charge in [-0.2, -0.15) is 0 Å². The molecule has 17 heavy (non-hydrogen) atoms. The van der Waals surface area contributed by atoms with Crippen LogP contribution in [0.4, 0.5) is 0 Å². The monoisotopic (exact) mass is 230 g/mol. The molecule has 0 saturated heterocycles. The fraction of sp³-hybridized carbons (Fsp3) is 0.385. The molecule has 2 aromatic heterocycles. The molecule has 0 radical (unpaired) electrons. The second kappa shape index (κ2) is 5.10. The minimum atomic E-state index is 0.131. The Hall–Kier alpha value is -1.68. The third-order valence-electron chi connectivity index (χ3n) is 2.59. The SMILES string of the molecule is Cc1cncc(Cn2ccnc2CC(C)N)c1. The first kappa shape index (κ1) is 11.8. The van der Waals surface area contributed by atoms with Crippen molar-refractivity contribution in [2.24, 2.45) is 5.73 Å². The molecule has 0 spiro atoms. The summed E-state index contributed by atoms with van der Waals surface area (Å²) in [5, 5.41) is 0. The zero-order valence-electron chi connectivity index (χ0n) is 10.3. The van der Waals surface area contributed by atoms with Gasteiger partial charge in [-0.15, -0.1) is 0 Å². The quantitative estimate of drug-likeness (QED) is 0.866. The average molecular weight is 230 g/mol. The van der Waals surface area contributed by atoms with Crippen molar-refractivity contribution in [1.82, 2.24) is 14.5 Å². The molecule has 0 aliphatic rings. The molecule has 4 nitrogen and oxygen atoms in total. The van der Waals surface area contributed by atoms with Crippen LogP contribution in [0.2, 0.25) is 0 Å². The first-order valence-electron chi connectivity index (χ1n) is 5.81. The van der Waals surface area contributed by atoms with E-state index in [2.05, 4.69) is 20.6 Å². The fourth-order valence-corrected chi connectivity index (χ4v) is 1.86. The second-order valence-electron chi connectivity index (χ2n) is 4.52. The van der Waals surface area contributed by atoms with Gasteiger partial charge in [0.1, 0.15) is 5.82 Å². The van der Waals surface area contributed by atoms with Crippen molar-refractivity contribution < 1.29 is 0 Å². The van der Waals surface area contributed by atoms with Crippen molar-refractivity contribution in [3.8, 4) is 0 Å². The van der Waals surface area contributed by atoms with E-state index in [1.165, 1.54) is 11.1 Å². The van der Waals surface area contributed by atoms with Gasteiger partial charge in [-0.25, -0.2) is 4.98 Å². The zero-order valence-corrected chi connectivity index (χ0v) is 10.3. The third-order valence-corrected chi connectivity index (χ3v) is 2.59. The second-order valence-corrected chi connectivity index (χ2v) is 4.52. The maximum atomic E-state index is 5.80. The van der Waals surface area contributed by atoms with E-state index < -0.39 is 0 Å². The summed E-state index contributed by atoms with van der Waals surface area (Å²) >= 11 is 0. The Morgan fingerprint density at radius 2 is 2.24 bits per heavy atom. The number of nitrogens with zero attached hydrogens (tertiary/aromatic N) is 3. The molecule has 90 valence electrons. The van der Waals surface area contributed by atoms with E-state index in [4.69, 9.17) is 5.73 Å². The standard InChI is InChI=1S/C13H18N4/c1-10-5-12(8-15-7-10)9-17-4-3-16-13(17)6-11(2)14/h3-5,7-8,11H,6,9,14H2,1-2H3. The number of imidazole rings is 1. The zero-order chi connectivity index (χ0) is 12.3. The van der Waals surface area contributed by atoms with Crippen LogP contribution in [-0.2, 0) is 13.0 Å². The Morgan fingerprint density at radius 1 is 1.41 bits per heavy atom. The Balaban J connectivity index is 2.16. The van der Waals surface area contributed by atoms with Crippen LogP contribution in [-0.4, -0.2) is 20.6 Å². The number of pyridine rings is 1. The molecule has 0 fully saturated rings. The average Bonchev–Trinajstić information content (AvgIpc) is 2.65. The molecule has 2 heterocycles. The molecule has 0 aromatic carbocycles. The maximum absolute atomic E-state index is 5.80. The Bertz CT molecular complexity index is 488. The highest BCUT2D eigenvalue weighted by Gasteiger charge is 2.06. The predicted molar refractivity (Wildman–Crippen MR) is 67.7 cm³/mol. The van der Waals surface area contributed by atoms with Crippen molar-refractivity contribution in [3.05, 3.63) is 47.8 Å². The van der Waals surface area contributed by atoms with E-state index in [0.29, 0.717) is 0 Å². The lowest BCUT2D eigenvalue weighted by atomic mass is 10.2. The molecule has 1 unspecified atom stereocenters. The molecule has 1 atom stereocenters. The van der Waals surface area contributed by atoms with Crippen LogP contribution in [0.15, 0.2) is 30.9 Å². The van der Waals surface area contributed by atoms with Crippen molar-refractivity contribution in [1.29, 1.82) is 0 Å². The van der Waals surface area contributed by atoms with Gasteiger partial charge in [-0.3, -0.25) is 4.98 Å². The van der Waals surface area contributed by atoms with Gasteiger partial charge >= 0.3 is 0 Å². The van der Waals surface area contributed by atoms with Crippen molar-refractivity contribution in [2.45, 2.75) is 32.9 Å². The van der Waals surface area contributed by atoms with Gasteiger partial charge in [-0.1, -0.05) is 6.07 Å². The van der Waals surface area contributed by atoms with Gasteiger partial charge < -0.3 is 10.3 Å². The van der Waals surface area contributed by atoms with Gasteiger partial charge in [0.05, 0.1) is 6.54 Å². The number of rotatable bonds is 4. The van der Waals surface area contributed by atoms with Crippen LogP contribution in [0.5, 0.6) is 0 Å². The summed E-state index contributed by atoms with van der Waals surface area (Å²) in [5.41, 5.74) is 8.17. The molecule has 0 amide bonds. The number of nitrogens with two attached hydrogens (primary N) is 1. The first-order chi connectivity index (χ1) is 8.15. The first-order valence-corrected chi connectivity index (χ1v) is 5.81. The fourth-order valence-electron chi connectivity index (χ4n) is 1.86. The van der Waals surface area contributed by atoms with Crippen LogP contribution in [0.25, 0.3) is 0 Å². The lowest BCUT2D eigenvalue weighted by Gasteiger charge is -2.09.